The number of fused-ring (bicyclic) bond motifs is 2. The van der Waals surface area contributed by atoms with E-state index in [1.165, 1.54) is 29.8 Å². The Morgan fingerprint density at radius 2 is 1.88 bits per heavy atom. The molecular formula is C28H27FN6O4S. The van der Waals surface area contributed by atoms with Crippen molar-refractivity contribution in [2.24, 2.45) is 0 Å². The van der Waals surface area contributed by atoms with Gasteiger partial charge in [0.15, 0.2) is 11.6 Å². The Balaban J connectivity index is 1.28. The van der Waals surface area contributed by atoms with Crippen molar-refractivity contribution in [3.05, 3.63) is 60.1 Å². The number of nitrogens with one attached hydrogen (secondary N) is 1. The van der Waals surface area contributed by atoms with E-state index in [2.05, 4.69) is 30.2 Å². The minimum absolute atomic E-state index is 0.0396. The number of halogens is 1. The summed E-state index contributed by atoms with van der Waals surface area (Å²) in [5.74, 6) is 0.598. The molecule has 0 aliphatic rings. The fourth-order valence-corrected chi connectivity index (χ4v) is 5.01. The Hall–Kier alpha value is -4.45. The lowest BCUT2D eigenvalue weighted by molar-refractivity contribution is 0.0969. The van der Waals surface area contributed by atoms with E-state index in [4.69, 9.17) is 14.2 Å². The van der Waals surface area contributed by atoms with Crippen LogP contribution in [0.4, 0.5) is 14.9 Å². The second kappa shape index (κ2) is 11.7. The third kappa shape index (κ3) is 6.07. The summed E-state index contributed by atoms with van der Waals surface area (Å²) in [6, 6.07) is 6.84. The highest BCUT2D eigenvalue weighted by molar-refractivity contribution is 7.21. The standard InChI is InChI=1S/C28H27FN6O4S/c1-5-6-24-30-11-17(12-31-24)33-28(36)38-14-16(3)39-22-10-23-20(9-19(22)29)35-27(40-23)18-7-15(2)8-21-26(18)32-13-25(34-21)37-4/h7-13,16H,5-6,14H2,1-4H3,(H,33,36)/t16-/m0/s1. The molecule has 0 fully saturated rings. The summed E-state index contributed by atoms with van der Waals surface area (Å²) in [6.07, 6.45) is 5.00. The summed E-state index contributed by atoms with van der Waals surface area (Å²) >= 11 is 1.39. The van der Waals surface area contributed by atoms with Gasteiger partial charge in [0.25, 0.3) is 0 Å². The smallest absolute Gasteiger partial charge is 0.411 e. The average Bonchev–Trinajstić information content (AvgIpc) is 3.35. The van der Waals surface area contributed by atoms with Crippen LogP contribution in [0.2, 0.25) is 0 Å². The molecule has 2 aromatic carbocycles. The number of aromatic nitrogens is 5. The van der Waals surface area contributed by atoms with E-state index in [9.17, 15) is 9.18 Å². The molecule has 10 nitrogen and oxygen atoms in total. The van der Waals surface area contributed by atoms with E-state index in [0.29, 0.717) is 38.9 Å². The van der Waals surface area contributed by atoms with Crippen molar-refractivity contribution in [1.82, 2.24) is 24.9 Å². The Morgan fingerprint density at radius 3 is 2.62 bits per heavy atom. The zero-order chi connectivity index (χ0) is 28.2. The lowest BCUT2D eigenvalue weighted by Gasteiger charge is -2.15. The van der Waals surface area contributed by atoms with Crippen LogP contribution in [0.1, 0.15) is 31.7 Å². The van der Waals surface area contributed by atoms with Crippen LogP contribution in [0.15, 0.2) is 42.9 Å². The molecule has 40 heavy (non-hydrogen) atoms. The summed E-state index contributed by atoms with van der Waals surface area (Å²) in [4.78, 5) is 34.2. The van der Waals surface area contributed by atoms with Crippen LogP contribution in [0.5, 0.6) is 11.6 Å². The van der Waals surface area contributed by atoms with Crippen molar-refractivity contribution in [3.8, 4) is 22.2 Å². The van der Waals surface area contributed by atoms with Crippen LogP contribution in [0.25, 0.3) is 31.8 Å². The molecule has 0 bridgehead atoms. The monoisotopic (exact) mass is 562 g/mol. The molecule has 0 aliphatic heterocycles. The van der Waals surface area contributed by atoms with Gasteiger partial charge in [0.2, 0.25) is 5.88 Å². The summed E-state index contributed by atoms with van der Waals surface area (Å²) in [6.45, 7) is 5.59. The number of hydrogen-bond acceptors (Lipinski definition) is 10. The summed E-state index contributed by atoms with van der Waals surface area (Å²) in [7, 11) is 1.54. The Kier molecular flexibility index (Phi) is 7.96. The van der Waals surface area contributed by atoms with Gasteiger partial charge in [-0.3, -0.25) is 5.32 Å². The number of aryl methyl sites for hydroxylation is 2. The number of nitrogens with zero attached hydrogens (tertiary/aromatic N) is 5. The van der Waals surface area contributed by atoms with E-state index in [-0.39, 0.29) is 12.4 Å². The number of methoxy groups -OCH3 is 1. The normalized spacial score (nSPS) is 11.9. The number of amides is 1. The van der Waals surface area contributed by atoms with E-state index in [1.54, 1.807) is 26.3 Å². The number of ether oxygens (including phenoxy) is 3. The number of benzene rings is 2. The number of hydrogen-bond donors (Lipinski definition) is 1. The summed E-state index contributed by atoms with van der Waals surface area (Å²) in [5.41, 5.74) is 4.06. The van der Waals surface area contributed by atoms with Crippen molar-refractivity contribution in [3.63, 3.8) is 0 Å². The van der Waals surface area contributed by atoms with Gasteiger partial charge >= 0.3 is 6.09 Å². The number of carbonyl (C=O) groups is 1. The number of rotatable bonds is 9. The minimum atomic E-state index is -0.684. The van der Waals surface area contributed by atoms with Crippen LogP contribution >= 0.6 is 11.3 Å². The zero-order valence-corrected chi connectivity index (χ0v) is 23.2. The maximum atomic E-state index is 14.9. The van der Waals surface area contributed by atoms with Crippen LogP contribution in [0, 0.1) is 12.7 Å². The molecule has 0 unspecified atom stereocenters. The highest BCUT2D eigenvalue weighted by Gasteiger charge is 2.18. The van der Waals surface area contributed by atoms with Gasteiger partial charge in [-0.05, 0) is 38.0 Å². The average molecular weight is 563 g/mol. The molecule has 0 aliphatic carbocycles. The zero-order valence-electron chi connectivity index (χ0n) is 22.4. The fraction of sp³-hybridized carbons (Fsp3) is 0.286. The fourth-order valence-electron chi connectivity index (χ4n) is 4.01. The molecule has 1 N–H and O–H groups in total. The second-order valence-corrected chi connectivity index (χ2v) is 10.2. The van der Waals surface area contributed by atoms with Crippen molar-refractivity contribution >= 4 is 44.4 Å². The molecule has 0 spiro atoms. The first-order valence-corrected chi connectivity index (χ1v) is 13.5. The van der Waals surface area contributed by atoms with Crippen LogP contribution in [-0.2, 0) is 11.2 Å². The number of anilines is 1. The van der Waals surface area contributed by atoms with Crippen LogP contribution in [-0.4, -0.2) is 50.8 Å². The Labute approximate surface area is 233 Å². The van der Waals surface area contributed by atoms with Crippen molar-refractivity contribution in [1.29, 1.82) is 0 Å². The van der Waals surface area contributed by atoms with E-state index in [1.807, 2.05) is 26.0 Å². The molecule has 206 valence electrons. The van der Waals surface area contributed by atoms with Gasteiger partial charge in [0, 0.05) is 24.1 Å². The van der Waals surface area contributed by atoms with Crippen molar-refractivity contribution in [2.75, 3.05) is 19.0 Å². The predicted molar refractivity (Wildman–Crippen MR) is 150 cm³/mol. The van der Waals surface area contributed by atoms with Gasteiger partial charge in [-0.1, -0.05) is 6.92 Å². The Morgan fingerprint density at radius 1 is 1.07 bits per heavy atom. The molecule has 0 saturated carbocycles. The van der Waals surface area contributed by atoms with E-state index >= 15 is 0 Å². The van der Waals surface area contributed by atoms with Gasteiger partial charge in [-0.15, -0.1) is 11.3 Å². The van der Waals surface area contributed by atoms with Gasteiger partial charge in [0.1, 0.15) is 23.5 Å². The molecule has 0 radical (unpaired) electrons. The SMILES string of the molecule is CCCc1ncc(NC(=O)OC[C@H](C)Oc2cc3sc(-c4cc(C)cc5nc(OC)cnc45)nc3cc2F)cn1. The first kappa shape index (κ1) is 27.1. The van der Waals surface area contributed by atoms with E-state index < -0.39 is 18.0 Å². The minimum Gasteiger partial charge on any atom is -0.484 e. The highest BCUT2D eigenvalue weighted by Crippen LogP contribution is 2.37. The lowest BCUT2D eigenvalue weighted by atomic mass is 10.1. The highest BCUT2D eigenvalue weighted by atomic mass is 32.1. The molecule has 0 saturated heterocycles. The first-order valence-electron chi connectivity index (χ1n) is 12.7. The van der Waals surface area contributed by atoms with Crippen molar-refractivity contribution < 1.29 is 23.4 Å². The second-order valence-electron chi connectivity index (χ2n) is 9.15. The molecule has 5 rings (SSSR count). The van der Waals surface area contributed by atoms with Crippen LogP contribution < -0.4 is 14.8 Å². The topological polar surface area (TPSA) is 121 Å². The quantitative estimate of drug-likeness (QED) is 0.226. The molecule has 12 heteroatoms. The largest absolute Gasteiger partial charge is 0.484 e. The molecule has 1 atom stereocenters. The van der Waals surface area contributed by atoms with E-state index in [0.717, 1.165) is 28.7 Å². The van der Waals surface area contributed by atoms with Gasteiger partial charge < -0.3 is 14.2 Å². The first-order chi connectivity index (χ1) is 19.3. The summed E-state index contributed by atoms with van der Waals surface area (Å²) < 4.78 is 31.9. The van der Waals surface area contributed by atoms with Gasteiger partial charge in [-0.25, -0.2) is 34.1 Å². The number of thiazole rings is 1. The number of carbonyl (C=O) groups excluding carboxylic acids is 1. The summed E-state index contributed by atoms with van der Waals surface area (Å²) in [5, 5.41) is 3.25. The van der Waals surface area contributed by atoms with Crippen LogP contribution in [0.3, 0.4) is 0 Å². The lowest BCUT2D eigenvalue weighted by Crippen LogP contribution is -2.24. The maximum absolute atomic E-state index is 14.9. The maximum Gasteiger partial charge on any atom is 0.411 e. The molecule has 5 aromatic rings. The third-order valence-electron chi connectivity index (χ3n) is 5.85. The van der Waals surface area contributed by atoms with Gasteiger partial charge in [-0.2, -0.15) is 0 Å². The molecule has 3 aromatic heterocycles. The van der Waals surface area contributed by atoms with Gasteiger partial charge in [0.05, 0.1) is 52.6 Å². The van der Waals surface area contributed by atoms with Crippen molar-refractivity contribution in [2.45, 2.75) is 39.7 Å². The Bertz CT molecular complexity index is 1680. The molecule has 1 amide bonds. The predicted octanol–water partition coefficient (Wildman–Crippen LogP) is 6.12. The third-order valence-corrected chi connectivity index (χ3v) is 6.90. The molecular weight excluding hydrogens is 535 g/mol. The molecule has 3 heterocycles.